The van der Waals surface area contributed by atoms with Crippen LogP contribution in [0, 0.1) is 0 Å². The lowest BCUT2D eigenvalue weighted by Gasteiger charge is -2.00. The Labute approximate surface area is 90.8 Å². The molecule has 3 rings (SSSR count). The van der Waals surface area contributed by atoms with Gasteiger partial charge in [-0.05, 0) is 18.2 Å². The largest absolute Gasteiger partial charge is 0.493 e. The van der Waals surface area contributed by atoms with E-state index in [1.54, 1.807) is 30.7 Å². The fraction of sp³-hybridized carbons (Fsp3) is 0. The summed E-state index contributed by atoms with van der Waals surface area (Å²) in [5, 5.41) is 10.3. The number of aromatic amines is 1. The van der Waals surface area contributed by atoms with E-state index in [1.807, 2.05) is 6.07 Å². The summed E-state index contributed by atoms with van der Waals surface area (Å²) in [7, 11) is 0. The van der Waals surface area contributed by atoms with Gasteiger partial charge in [-0.1, -0.05) is 0 Å². The molecule has 3 heterocycles. The summed E-state index contributed by atoms with van der Waals surface area (Å²) in [6, 6.07) is 5.38. The average molecular weight is 212 g/mol. The number of rotatable bonds is 1. The first-order valence-electron chi connectivity index (χ1n) is 4.79. The normalized spacial score (nSPS) is 10.8. The highest BCUT2D eigenvalue weighted by Crippen LogP contribution is 2.23. The lowest BCUT2D eigenvalue weighted by Crippen LogP contribution is -1.90. The number of hydrogen-bond donors (Lipinski definition) is 2. The van der Waals surface area contributed by atoms with E-state index < -0.39 is 0 Å². The number of aromatic nitrogens is 4. The molecule has 3 aromatic rings. The Kier molecular flexibility index (Phi) is 1.83. The van der Waals surface area contributed by atoms with E-state index >= 15 is 0 Å². The fourth-order valence-corrected chi connectivity index (χ4v) is 1.55. The number of pyridine rings is 1. The molecule has 0 saturated heterocycles. The van der Waals surface area contributed by atoms with E-state index in [9.17, 15) is 5.11 Å². The third-order valence-corrected chi connectivity index (χ3v) is 2.32. The molecule has 0 aromatic carbocycles. The van der Waals surface area contributed by atoms with Crippen LogP contribution in [-0.4, -0.2) is 25.0 Å². The summed E-state index contributed by atoms with van der Waals surface area (Å²) in [6.07, 6.45) is 5.05. The zero-order valence-corrected chi connectivity index (χ0v) is 8.25. The van der Waals surface area contributed by atoms with Crippen LogP contribution in [-0.2, 0) is 0 Å². The summed E-state index contributed by atoms with van der Waals surface area (Å²) in [5.74, 6) is 0.436. The number of aromatic hydroxyl groups is 1. The Morgan fingerprint density at radius 2 is 2.12 bits per heavy atom. The zero-order chi connectivity index (χ0) is 11.0. The minimum Gasteiger partial charge on any atom is -0.493 e. The van der Waals surface area contributed by atoms with Crippen molar-refractivity contribution in [3.8, 4) is 17.3 Å². The number of hydrogen-bond acceptors (Lipinski definition) is 4. The summed E-state index contributed by atoms with van der Waals surface area (Å²) in [4.78, 5) is 15.3. The molecule has 2 N–H and O–H groups in total. The summed E-state index contributed by atoms with van der Waals surface area (Å²) >= 11 is 0. The molecule has 0 unspecified atom stereocenters. The van der Waals surface area contributed by atoms with Crippen molar-refractivity contribution in [1.82, 2.24) is 19.9 Å². The first-order valence-corrected chi connectivity index (χ1v) is 4.79. The zero-order valence-electron chi connectivity index (χ0n) is 8.25. The van der Waals surface area contributed by atoms with Gasteiger partial charge >= 0.3 is 0 Å². The molecule has 0 aliphatic heterocycles. The van der Waals surface area contributed by atoms with Crippen molar-refractivity contribution in [2.75, 3.05) is 0 Å². The second kappa shape index (κ2) is 3.30. The highest BCUT2D eigenvalue weighted by atomic mass is 16.3. The number of nitrogens with zero attached hydrogens (tertiary/aromatic N) is 3. The maximum Gasteiger partial charge on any atom is 0.224 e. The second-order valence-corrected chi connectivity index (χ2v) is 3.35. The Hall–Kier alpha value is -2.43. The first-order chi connectivity index (χ1) is 7.84. The molecular weight excluding hydrogens is 204 g/mol. The van der Waals surface area contributed by atoms with Crippen molar-refractivity contribution in [2.24, 2.45) is 0 Å². The lowest BCUT2D eigenvalue weighted by atomic mass is 10.2. The summed E-state index contributed by atoms with van der Waals surface area (Å²) in [5.41, 5.74) is 1.39. The van der Waals surface area contributed by atoms with Crippen LogP contribution in [0.4, 0.5) is 0 Å². The van der Waals surface area contributed by atoms with Crippen LogP contribution in [0.15, 0.2) is 36.8 Å². The first kappa shape index (κ1) is 8.84. The van der Waals surface area contributed by atoms with E-state index in [4.69, 9.17) is 0 Å². The smallest absolute Gasteiger partial charge is 0.224 e. The van der Waals surface area contributed by atoms with Crippen LogP contribution in [0.3, 0.4) is 0 Å². The third-order valence-electron chi connectivity index (χ3n) is 2.32. The quantitative estimate of drug-likeness (QED) is 0.644. The van der Waals surface area contributed by atoms with Crippen molar-refractivity contribution < 1.29 is 5.11 Å². The van der Waals surface area contributed by atoms with E-state index in [-0.39, 0.29) is 5.88 Å². The molecule has 0 spiro atoms. The van der Waals surface area contributed by atoms with Gasteiger partial charge in [-0.2, -0.15) is 4.98 Å². The molecule has 0 radical (unpaired) electrons. The van der Waals surface area contributed by atoms with Crippen molar-refractivity contribution in [1.29, 1.82) is 0 Å². The highest BCUT2D eigenvalue weighted by molar-refractivity contribution is 5.82. The lowest BCUT2D eigenvalue weighted by molar-refractivity contribution is 0.460. The number of nitrogens with one attached hydrogen (secondary N) is 1. The molecule has 0 fully saturated rings. The van der Waals surface area contributed by atoms with E-state index in [0.717, 1.165) is 5.56 Å². The summed E-state index contributed by atoms with van der Waals surface area (Å²) in [6.45, 7) is 0. The molecule has 3 aromatic heterocycles. The molecule has 78 valence electrons. The van der Waals surface area contributed by atoms with Gasteiger partial charge < -0.3 is 10.1 Å². The number of H-pyrrole nitrogens is 1. The minimum absolute atomic E-state index is 0.0231. The van der Waals surface area contributed by atoms with Gasteiger partial charge in [0.25, 0.3) is 0 Å². The van der Waals surface area contributed by atoms with Gasteiger partial charge in [0.2, 0.25) is 5.88 Å². The predicted octanol–water partition coefficient (Wildman–Crippen LogP) is 1.73. The minimum atomic E-state index is -0.0231. The van der Waals surface area contributed by atoms with E-state index in [0.29, 0.717) is 16.9 Å². The van der Waals surface area contributed by atoms with Gasteiger partial charge in [-0.3, -0.25) is 4.98 Å². The van der Waals surface area contributed by atoms with E-state index in [2.05, 4.69) is 19.9 Å². The molecular formula is C11H8N4O. The Morgan fingerprint density at radius 3 is 2.94 bits per heavy atom. The van der Waals surface area contributed by atoms with Crippen LogP contribution in [0.25, 0.3) is 22.4 Å². The molecule has 0 aliphatic rings. The predicted molar refractivity (Wildman–Crippen MR) is 58.8 cm³/mol. The fourth-order valence-electron chi connectivity index (χ4n) is 1.55. The van der Waals surface area contributed by atoms with Crippen molar-refractivity contribution in [3.05, 3.63) is 36.8 Å². The van der Waals surface area contributed by atoms with Crippen LogP contribution in [0.5, 0.6) is 5.88 Å². The highest BCUT2D eigenvalue weighted by Gasteiger charge is 2.08. The van der Waals surface area contributed by atoms with Crippen LogP contribution >= 0.6 is 0 Å². The monoisotopic (exact) mass is 212 g/mol. The van der Waals surface area contributed by atoms with Crippen molar-refractivity contribution in [2.45, 2.75) is 0 Å². The number of fused-ring (bicyclic) bond motifs is 1. The molecule has 16 heavy (non-hydrogen) atoms. The van der Waals surface area contributed by atoms with Gasteiger partial charge in [-0.25, -0.2) is 4.98 Å². The molecule has 5 heteroatoms. The Morgan fingerprint density at radius 1 is 1.19 bits per heavy atom. The van der Waals surface area contributed by atoms with Gasteiger partial charge in [-0.15, -0.1) is 0 Å². The Balaban J connectivity index is 2.25. The van der Waals surface area contributed by atoms with Crippen molar-refractivity contribution in [3.63, 3.8) is 0 Å². The third kappa shape index (κ3) is 1.30. The standard InChI is InChI=1S/C11H8N4O/c16-11-8-3-5-13-10(8)14-9(15-11)7-2-1-4-12-6-7/h1-6H,(H2,13,14,15,16). The van der Waals surface area contributed by atoms with E-state index in [1.165, 1.54) is 0 Å². The molecule has 0 bridgehead atoms. The summed E-state index contributed by atoms with van der Waals surface area (Å²) < 4.78 is 0. The van der Waals surface area contributed by atoms with Gasteiger partial charge in [0.1, 0.15) is 5.65 Å². The average Bonchev–Trinajstić information content (AvgIpc) is 2.79. The topological polar surface area (TPSA) is 74.7 Å². The molecule has 0 atom stereocenters. The second-order valence-electron chi connectivity index (χ2n) is 3.35. The molecule has 0 amide bonds. The van der Waals surface area contributed by atoms with Gasteiger partial charge in [0.05, 0.1) is 5.39 Å². The SMILES string of the molecule is Oc1nc(-c2cccnc2)nc2[nH]ccc12. The van der Waals surface area contributed by atoms with Gasteiger partial charge in [0, 0.05) is 24.2 Å². The maximum absolute atomic E-state index is 9.71. The van der Waals surface area contributed by atoms with Crippen LogP contribution in [0.2, 0.25) is 0 Å². The van der Waals surface area contributed by atoms with Crippen LogP contribution in [0.1, 0.15) is 0 Å². The van der Waals surface area contributed by atoms with Crippen molar-refractivity contribution >= 4 is 11.0 Å². The molecule has 0 aliphatic carbocycles. The Bertz CT molecular complexity index is 633. The molecule has 5 nitrogen and oxygen atoms in total. The molecule has 0 saturated carbocycles. The van der Waals surface area contributed by atoms with Crippen LogP contribution < -0.4 is 0 Å². The van der Waals surface area contributed by atoms with Gasteiger partial charge in [0.15, 0.2) is 5.82 Å². The maximum atomic E-state index is 9.71.